The lowest BCUT2D eigenvalue weighted by Gasteiger charge is -2.26. The first kappa shape index (κ1) is 14.2. The summed E-state index contributed by atoms with van der Waals surface area (Å²) in [5.41, 5.74) is 2.32. The Hall–Kier alpha value is -1.74. The van der Waals surface area contributed by atoms with E-state index in [0.29, 0.717) is 5.92 Å². The molecule has 3 nitrogen and oxygen atoms in total. The molecule has 1 aliphatic rings. The standard InChI is InChI=1S/C18H23NO2/c1-2-5-17(20)15-8-10-19(13-15)12-14-9-11-21-18-7-4-3-6-16(14)18/h3-4,6-8,10,13-14,17,20H,2,5,9,11-12H2,1H3. The first-order valence-electron chi connectivity index (χ1n) is 7.83. The maximum atomic E-state index is 10.1. The number of aliphatic hydroxyl groups is 1. The van der Waals surface area contributed by atoms with Crippen LogP contribution < -0.4 is 4.74 Å². The van der Waals surface area contributed by atoms with Gasteiger partial charge in [-0.1, -0.05) is 31.5 Å². The van der Waals surface area contributed by atoms with E-state index in [1.165, 1.54) is 5.56 Å². The molecule has 0 fully saturated rings. The summed E-state index contributed by atoms with van der Waals surface area (Å²) in [6.07, 6.45) is 6.69. The molecule has 0 spiro atoms. The van der Waals surface area contributed by atoms with Gasteiger partial charge in [-0.25, -0.2) is 0 Å². The van der Waals surface area contributed by atoms with Crippen molar-refractivity contribution in [2.24, 2.45) is 0 Å². The van der Waals surface area contributed by atoms with Crippen LogP contribution in [0.3, 0.4) is 0 Å². The van der Waals surface area contributed by atoms with E-state index in [9.17, 15) is 5.11 Å². The Morgan fingerprint density at radius 2 is 2.19 bits per heavy atom. The summed E-state index contributed by atoms with van der Waals surface area (Å²) in [4.78, 5) is 0. The summed E-state index contributed by atoms with van der Waals surface area (Å²) in [6.45, 7) is 3.83. The number of benzene rings is 1. The molecule has 21 heavy (non-hydrogen) atoms. The van der Waals surface area contributed by atoms with Crippen molar-refractivity contribution in [3.05, 3.63) is 53.9 Å². The zero-order chi connectivity index (χ0) is 14.7. The van der Waals surface area contributed by atoms with Crippen molar-refractivity contribution >= 4 is 0 Å². The third-order valence-corrected chi connectivity index (χ3v) is 4.23. The van der Waals surface area contributed by atoms with Gasteiger partial charge >= 0.3 is 0 Å². The SMILES string of the molecule is CCCC(O)c1ccn(CC2CCOc3ccccc32)c1. The predicted octanol–water partition coefficient (Wildman–Crippen LogP) is 3.89. The minimum Gasteiger partial charge on any atom is -0.493 e. The van der Waals surface area contributed by atoms with Crippen LogP contribution >= 0.6 is 0 Å². The average molecular weight is 285 g/mol. The van der Waals surface area contributed by atoms with Crippen LogP contribution in [0.1, 0.15) is 49.3 Å². The fourth-order valence-electron chi connectivity index (χ4n) is 3.07. The topological polar surface area (TPSA) is 34.4 Å². The van der Waals surface area contributed by atoms with E-state index in [1.54, 1.807) is 0 Å². The monoisotopic (exact) mass is 285 g/mol. The van der Waals surface area contributed by atoms with Crippen LogP contribution in [0.15, 0.2) is 42.7 Å². The van der Waals surface area contributed by atoms with Crippen LogP contribution in [0, 0.1) is 0 Å². The fourth-order valence-corrected chi connectivity index (χ4v) is 3.07. The van der Waals surface area contributed by atoms with Gasteiger partial charge in [-0.3, -0.25) is 0 Å². The van der Waals surface area contributed by atoms with Crippen LogP contribution in [-0.4, -0.2) is 16.3 Å². The van der Waals surface area contributed by atoms with E-state index in [1.807, 2.05) is 18.2 Å². The highest BCUT2D eigenvalue weighted by atomic mass is 16.5. The van der Waals surface area contributed by atoms with Crippen molar-refractivity contribution in [3.63, 3.8) is 0 Å². The molecule has 2 aromatic rings. The Morgan fingerprint density at radius 3 is 3.05 bits per heavy atom. The van der Waals surface area contributed by atoms with Gasteiger partial charge in [0.2, 0.25) is 0 Å². The first-order chi connectivity index (χ1) is 10.3. The zero-order valence-electron chi connectivity index (χ0n) is 12.5. The van der Waals surface area contributed by atoms with Crippen LogP contribution in [0.5, 0.6) is 5.75 Å². The van der Waals surface area contributed by atoms with Gasteiger partial charge in [0.25, 0.3) is 0 Å². The Bertz CT molecular complexity index is 590. The Labute approximate surface area is 126 Å². The molecule has 0 saturated heterocycles. The molecular formula is C18H23NO2. The van der Waals surface area contributed by atoms with Gasteiger partial charge in [-0.05, 0) is 36.1 Å². The second-order valence-electron chi connectivity index (χ2n) is 5.82. The normalized spacial score (nSPS) is 18.9. The Balaban J connectivity index is 1.73. The van der Waals surface area contributed by atoms with Gasteiger partial charge in [0.1, 0.15) is 5.75 Å². The predicted molar refractivity (Wildman–Crippen MR) is 83.6 cm³/mol. The maximum absolute atomic E-state index is 10.1. The number of aromatic nitrogens is 1. The third kappa shape index (κ3) is 3.13. The number of aliphatic hydroxyl groups excluding tert-OH is 1. The summed E-state index contributed by atoms with van der Waals surface area (Å²) in [6, 6.07) is 10.3. The van der Waals surface area contributed by atoms with E-state index >= 15 is 0 Å². The number of nitrogens with zero attached hydrogens (tertiary/aromatic N) is 1. The highest BCUT2D eigenvalue weighted by Gasteiger charge is 2.21. The molecule has 2 atom stereocenters. The minimum absolute atomic E-state index is 0.335. The van der Waals surface area contributed by atoms with Gasteiger partial charge in [-0.2, -0.15) is 0 Å². The highest BCUT2D eigenvalue weighted by Crippen LogP contribution is 2.34. The molecule has 2 unspecified atom stereocenters. The van der Waals surface area contributed by atoms with E-state index in [4.69, 9.17) is 4.74 Å². The van der Waals surface area contributed by atoms with Gasteiger partial charge in [-0.15, -0.1) is 0 Å². The fraction of sp³-hybridized carbons (Fsp3) is 0.444. The smallest absolute Gasteiger partial charge is 0.122 e. The molecule has 2 heterocycles. The molecule has 1 aromatic heterocycles. The first-order valence-corrected chi connectivity index (χ1v) is 7.83. The molecule has 0 saturated carbocycles. The number of ether oxygens (including phenoxy) is 1. The van der Waals surface area contributed by atoms with E-state index in [2.05, 4.69) is 36.0 Å². The van der Waals surface area contributed by atoms with E-state index in [-0.39, 0.29) is 6.10 Å². The van der Waals surface area contributed by atoms with Gasteiger partial charge in [0, 0.05) is 24.9 Å². The van der Waals surface area contributed by atoms with Crippen molar-refractivity contribution < 1.29 is 9.84 Å². The molecule has 0 amide bonds. The molecular weight excluding hydrogens is 262 g/mol. The summed E-state index contributed by atoms with van der Waals surface area (Å²) >= 11 is 0. The second-order valence-corrected chi connectivity index (χ2v) is 5.82. The molecule has 0 aliphatic carbocycles. The van der Waals surface area contributed by atoms with Crippen molar-refractivity contribution in [1.29, 1.82) is 0 Å². The number of fused-ring (bicyclic) bond motifs is 1. The van der Waals surface area contributed by atoms with Gasteiger partial charge in [0.15, 0.2) is 0 Å². The van der Waals surface area contributed by atoms with Gasteiger partial charge in [0.05, 0.1) is 12.7 Å². The maximum Gasteiger partial charge on any atom is 0.122 e. The Kier molecular flexibility index (Phi) is 4.30. The zero-order valence-corrected chi connectivity index (χ0v) is 12.5. The summed E-state index contributed by atoms with van der Waals surface area (Å²) < 4.78 is 7.91. The van der Waals surface area contributed by atoms with E-state index in [0.717, 1.165) is 43.7 Å². The summed E-state index contributed by atoms with van der Waals surface area (Å²) in [7, 11) is 0. The highest BCUT2D eigenvalue weighted by molar-refractivity contribution is 5.37. The number of hydrogen-bond donors (Lipinski definition) is 1. The summed E-state index contributed by atoms with van der Waals surface area (Å²) in [5, 5.41) is 10.1. The largest absolute Gasteiger partial charge is 0.493 e. The van der Waals surface area contributed by atoms with Gasteiger partial charge < -0.3 is 14.4 Å². The molecule has 3 heteroatoms. The molecule has 3 rings (SSSR count). The number of para-hydroxylation sites is 1. The van der Waals surface area contributed by atoms with Crippen LogP contribution in [-0.2, 0) is 6.54 Å². The molecule has 112 valence electrons. The Morgan fingerprint density at radius 1 is 1.33 bits per heavy atom. The van der Waals surface area contributed by atoms with Crippen molar-refractivity contribution in [1.82, 2.24) is 4.57 Å². The molecule has 1 N–H and O–H groups in total. The number of hydrogen-bond acceptors (Lipinski definition) is 2. The third-order valence-electron chi connectivity index (χ3n) is 4.23. The minimum atomic E-state index is -0.335. The lowest BCUT2D eigenvalue weighted by Crippen LogP contribution is -2.18. The molecule has 0 bridgehead atoms. The summed E-state index contributed by atoms with van der Waals surface area (Å²) in [5.74, 6) is 1.51. The van der Waals surface area contributed by atoms with Crippen LogP contribution in [0.2, 0.25) is 0 Å². The van der Waals surface area contributed by atoms with E-state index < -0.39 is 0 Å². The lowest BCUT2D eigenvalue weighted by atomic mass is 9.93. The van der Waals surface area contributed by atoms with Crippen molar-refractivity contribution in [3.8, 4) is 5.75 Å². The molecule has 1 aliphatic heterocycles. The number of rotatable bonds is 5. The van der Waals surface area contributed by atoms with Crippen LogP contribution in [0.4, 0.5) is 0 Å². The van der Waals surface area contributed by atoms with Crippen molar-refractivity contribution in [2.45, 2.75) is 44.8 Å². The van der Waals surface area contributed by atoms with Crippen LogP contribution in [0.25, 0.3) is 0 Å². The quantitative estimate of drug-likeness (QED) is 0.904. The average Bonchev–Trinajstić information content (AvgIpc) is 2.97. The molecule has 0 radical (unpaired) electrons. The lowest BCUT2D eigenvalue weighted by molar-refractivity contribution is 0.166. The molecule has 1 aromatic carbocycles. The second kappa shape index (κ2) is 6.35. The van der Waals surface area contributed by atoms with Crippen molar-refractivity contribution in [2.75, 3.05) is 6.61 Å².